The van der Waals surface area contributed by atoms with Crippen molar-refractivity contribution in [3.8, 4) is 22.3 Å². The molecule has 42 heavy (non-hydrogen) atoms. The summed E-state index contributed by atoms with van der Waals surface area (Å²) >= 11 is 0. The first kappa shape index (κ1) is 25.9. The molecule has 2 unspecified atom stereocenters. The van der Waals surface area contributed by atoms with Gasteiger partial charge in [0.25, 0.3) is 0 Å². The highest BCUT2D eigenvalue weighted by molar-refractivity contribution is 6.04. The zero-order chi connectivity index (χ0) is 28.5. The molecule has 0 amide bonds. The van der Waals surface area contributed by atoms with E-state index in [-0.39, 0.29) is 12.3 Å². The second-order valence-electron chi connectivity index (χ2n) is 11.1. The van der Waals surface area contributed by atoms with Crippen molar-refractivity contribution in [3.63, 3.8) is 0 Å². The molecule has 3 heteroatoms. The Labute approximate surface area is 247 Å². The van der Waals surface area contributed by atoms with Crippen molar-refractivity contribution in [2.24, 2.45) is 4.99 Å². The van der Waals surface area contributed by atoms with Gasteiger partial charge in [0.1, 0.15) is 18.2 Å². The second kappa shape index (κ2) is 11.1. The molecule has 204 valence electrons. The SMILES string of the molecule is Cc1cc(C)cc(-c2cc(C3=NC(c4ccccc4)NC(c4ccccc4)N3)cc(-c3cccc4ccccc34)c2)c1. The van der Waals surface area contributed by atoms with Gasteiger partial charge in [0, 0.05) is 5.56 Å². The number of fused-ring (bicyclic) bond motifs is 1. The Hall–Kier alpha value is -4.99. The molecule has 0 fully saturated rings. The van der Waals surface area contributed by atoms with E-state index in [0.29, 0.717) is 0 Å². The summed E-state index contributed by atoms with van der Waals surface area (Å²) in [5, 5.41) is 9.94. The first-order valence-corrected chi connectivity index (χ1v) is 14.5. The highest BCUT2D eigenvalue weighted by atomic mass is 15.3. The third-order valence-corrected chi connectivity index (χ3v) is 7.97. The maximum atomic E-state index is 5.26. The first-order chi connectivity index (χ1) is 20.6. The Bertz CT molecular complexity index is 1880. The fraction of sp³-hybridized carbons (Fsp3) is 0.103. The van der Waals surface area contributed by atoms with Crippen LogP contribution < -0.4 is 10.6 Å². The maximum absolute atomic E-state index is 5.26. The zero-order valence-electron chi connectivity index (χ0n) is 23.9. The molecule has 0 saturated heterocycles. The van der Waals surface area contributed by atoms with Gasteiger partial charge in [-0.2, -0.15) is 0 Å². The molecule has 6 aromatic rings. The molecule has 0 saturated carbocycles. The van der Waals surface area contributed by atoms with Gasteiger partial charge in [-0.3, -0.25) is 5.32 Å². The van der Waals surface area contributed by atoms with Gasteiger partial charge in [-0.15, -0.1) is 0 Å². The molecule has 0 radical (unpaired) electrons. The molecule has 2 atom stereocenters. The number of benzene rings is 6. The van der Waals surface area contributed by atoms with Crippen molar-refractivity contribution < 1.29 is 0 Å². The number of hydrogen-bond donors (Lipinski definition) is 2. The number of rotatable bonds is 5. The zero-order valence-corrected chi connectivity index (χ0v) is 23.9. The predicted molar refractivity (Wildman–Crippen MR) is 175 cm³/mol. The summed E-state index contributed by atoms with van der Waals surface area (Å²) in [6.45, 7) is 4.33. The number of hydrogen-bond acceptors (Lipinski definition) is 3. The van der Waals surface area contributed by atoms with E-state index >= 15 is 0 Å². The highest BCUT2D eigenvalue weighted by Crippen LogP contribution is 2.35. The average Bonchev–Trinajstić information content (AvgIpc) is 3.04. The Kier molecular flexibility index (Phi) is 6.87. The van der Waals surface area contributed by atoms with E-state index in [2.05, 4.69) is 158 Å². The number of amidine groups is 1. The number of nitrogens with zero attached hydrogens (tertiary/aromatic N) is 1. The number of aryl methyl sites for hydroxylation is 2. The summed E-state index contributed by atoms with van der Waals surface area (Å²) in [6, 6.07) is 49.9. The van der Waals surface area contributed by atoms with Crippen LogP contribution in [0.25, 0.3) is 33.0 Å². The van der Waals surface area contributed by atoms with E-state index in [9.17, 15) is 0 Å². The summed E-state index contributed by atoms with van der Waals surface area (Å²) in [7, 11) is 0. The summed E-state index contributed by atoms with van der Waals surface area (Å²) in [6.07, 6.45) is -0.270. The van der Waals surface area contributed by atoms with Gasteiger partial charge in [-0.1, -0.05) is 132 Å². The van der Waals surface area contributed by atoms with Crippen LogP contribution in [0.2, 0.25) is 0 Å². The fourth-order valence-corrected chi connectivity index (χ4v) is 6.03. The van der Waals surface area contributed by atoms with E-state index < -0.39 is 0 Å². The van der Waals surface area contributed by atoms with Gasteiger partial charge >= 0.3 is 0 Å². The maximum Gasteiger partial charge on any atom is 0.131 e. The summed E-state index contributed by atoms with van der Waals surface area (Å²) in [4.78, 5) is 5.26. The summed E-state index contributed by atoms with van der Waals surface area (Å²) in [5.41, 5.74) is 10.7. The van der Waals surface area contributed by atoms with Gasteiger partial charge < -0.3 is 5.32 Å². The van der Waals surface area contributed by atoms with Gasteiger partial charge in [0.2, 0.25) is 0 Å². The van der Waals surface area contributed by atoms with Crippen LogP contribution in [0, 0.1) is 13.8 Å². The van der Waals surface area contributed by atoms with Crippen molar-refractivity contribution >= 4 is 16.6 Å². The minimum atomic E-state index is -0.182. The van der Waals surface area contributed by atoms with Crippen LogP contribution in [-0.2, 0) is 0 Å². The minimum absolute atomic E-state index is 0.0882. The van der Waals surface area contributed by atoms with Crippen LogP contribution in [0.5, 0.6) is 0 Å². The van der Waals surface area contributed by atoms with Crippen molar-refractivity contribution in [2.75, 3.05) is 0 Å². The Morgan fingerprint density at radius 2 is 1.12 bits per heavy atom. The standard InChI is InChI=1S/C39H33N3/c1-26-20-27(2)22-31(21-26)32-23-33(36-19-11-17-28-12-9-10-18-35(28)36)25-34(24-32)39-41-37(29-13-5-3-6-14-29)40-38(42-39)30-15-7-4-8-16-30/h3-25,37-38,40H,1-2H3,(H,41,42). The Balaban J connectivity index is 1.43. The second-order valence-corrected chi connectivity index (χ2v) is 11.1. The van der Waals surface area contributed by atoms with Gasteiger partial charge in [-0.25, -0.2) is 4.99 Å². The van der Waals surface area contributed by atoms with E-state index in [4.69, 9.17) is 4.99 Å². The van der Waals surface area contributed by atoms with Crippen molar-refractivity contribution in [1.29, 1.82) is 0 Å². The molecule has 3 nitrogen and oxygen atoms in total. The lowest BCUT2D eigenvalue weighted by atomic mass is 9.91. The molecule has 0 spiro atoms. The lowest BCUT2D eigenvalue weighted by Gasteiger charge is -2.32. The number of nitrogens with one attached hydrogen (secondary N) is 2. The third-order valence-electron chi connectivity index (χ3n) is 7.97. The Morgan fingerprint density at radius 1 is 0.524 bits per heavy atom. The van der Waals surface area contributed by atoms with Crippen molar-refractivity contribution in [2.45, 2.75) is 26.2 Å². The average molecular weight is 544 g/mol. The van der Waals surface area contributed by atoms with Gasteiger partial charge in [0.05, 0.1) is 0 Å². The lowest BCUT2D eigenvalue weighted by molar-refractivity contribution is 0.409. The first-order valence-electron chi connectivity index (χ1n) is 14.5. The molecule has 1 aliphatic heterocycles. The van der Waals surface area contributed by atoms with Crippen LogP contribution in [-0.4, -0.2) is 5.84 Å². The third kappa shape index (κ3) is 5.23. The van der Waals surface area contributed by atoms with Crippen LogP contribution in [0.1, 0.15) is 40.1 Å². The van der Waals surface area contributed by atoms with E-state index in [0.717, 1.165) is 17.0 Å². The van der Waals surface area contributed by atoms with Crippen LogP contribution in [0.15, 0.2) is 145 Å². The van der Waals surface area contributed by atoms with Gasteiger partial charge in [0.15, 0.2) is 0 Å². The minimum Gasteiger partial charge on any atom is -0.350 e. The molecule has 7 rings (SSSR count). The van der Waals surface area contributed by atoms with Crippen LogP contribution >= 0.6 is 0 Å². The lowest BCUT2D eigenvalue weighted by Crippen LogP contribution is -2.44. The summed E-state index contributed by atoms with van der Waals surface area (Å²) < 4.78 is 0. The van der Waals surface area contributed by atoms with E-state index in [1.165, 1.54) is 49.7 Å². The van der Waals surface area contributed by atoms with Crippen molar-refractivity contribution in [3.05, 3.63) is 167 Å². The topological polar surface area (TPSA) is 36.4 Å². The molecule has 2 N–H and O–H groups in total. The largest absolute Gasteiger partial charge is 0.350 e. The monoisotopic (exact) mass is 543 g/mol. The molecule has 0 aliphatic carbocycles. The summed E-state index contributed by atoms with van der Waals surface area (Å²) in [5.74, 6) is 0.879. The Morgan fingerprint density at radius 3 is 1.88 bits per heavy atom. The van der Waals surface area contributed by atoms with Crippen LogP contribution in [0.3, 0.4) is 0 Å². The number of aliphatic imine (C=N–C) groups is 1. The molecule has 0 aromatic heterocycles. The highest BCUT2D eigenvalue weighted by Gasteiger charge is 2.26. The molecule has 0 bridgehead atoms. The molecule has 1 heterocycles. The van der Waals surface area contributed by atoms with E-state index in [1.807, 2.05) is 6.07 Å². The molecule has 6 aromatic carbocycles. The predicted octanol–water partition coefficient (Wildman–Crippen LogP) is 9.13. The smallest absolute Gasteiger partial charge is 0.131 e. The molecule has 1 aliphatic rings. The molecular formula is C39H33N3. The van der Waals surface area contributed by atoms with Crippen LogP contribution in [0.4, 0.5) is 0 Å². The van der Waals surface area contributed by atoms with Gasteiger partial charge in [-0.05, 0) is 76.2 Å². The quantitative estimate of drug-likeness (QED) is 0.227. The van der Waals surface area contributed by atoms with E-state index in [1.54, 1.807) is 0 Å². The van der Waals surface area contributed by atoms with Crippen molar-refractivity contribution in [1.82, 2.24) is 10.6 Å². The normalized spacial score (nSPS) is 16.6. The molecular weight excluding hydrogens is 510 g/mol. The fourth-order valence-electron chi connectivity index (χ4n) is 6.03.